The SMILES string of the molecule is CCN(CCCNCC(O)c1ccc(O)c2[nH]c(=O)ccc12)C(=O)c1ccc(CCC(=O)N2CC(C(=O)O)(c3ccccc3)C2C2CN3CCC2CC3)cc1. The Kier molecular flexibility index (Phi) is 11.4. The molecule has 12 heteroatoms. The molecule has 0 radical (unpaired) electrons. The Balaban J connectivity index is 0.914. The number of phenols is 1. The average molecular weight is 750 g/mol. The third kappa shape index (κ3) is 7.63. The van der Waals surface area contributed by atoms with Crippen molar-refractivity contribution >= 4 is 28.7 Å². The number of aromatic nitrogens is 1. The number of aliphatic hydroxyl groups excluding tert-OH is 1. The number of benzene rings is 3. The number of rotatable bonds is 15. The van der Waals surface area contributed by atoms with Crippen molar-refractivity contribution in [2.24, 2.45) is 11.8 Å². The van der Waals surface area contributed by atoms with Crippen LogP contribution in [0.3, 0.4) is 0 Å². The quantitative estimate of drug-likeness (QED) is 0.113. The van der Waals surface area contributed by atoms with Crippen molar-refractivity contribution in [1.82, 2.24) is 25.0 Å². The molecule has 5 heterocycles. The smallest absolute Gasteiger partial charge is 0.318 e. The molecule has 290 valence electrons. The molecule has 4 unspecified atom stereocenters. The maximum absolute atomic E-state index is 13.9. The van der Waals surface area contributed by atoms with Gasteiger partial charge in [-0.2, -0.15) is 0 Å². The van der Waals surface area contributed by atoms with Crippen LogP contribution in [-0.2, 0) is 21.4 Å². The number of hydrogen-bond donors (Lipinski definition) is 5. The second-order valence-electron chi connectivity index (χ2n) is 15.4. The van der Waals surface area contributed by atoms with E-state index in [0.717, 1.165) is 43.6 Å². The Bertz CT molecular complexity index is 2060. The minimum atomic E-state index is -1.11. The van der Waals surface area contributed by atoms with Gasteiger partial charge in [0.05, 0.1) is 17.7 Å². The lowest BCUT2D eigenvalue weighted by Gasteiger charge is -2.62. The van der Waals surface area contributed by atoms with Gasteiger partial charge in [0.1, 0.15) is 11.2 Å². The van der Waals surface area contributed by atoms with E-state index >= 15 is 0 Å². The summed E-state index contributed by atoms with van der Waals surface area (Å²) in [6, 6.07) is 22.5. The number of fused-ring (bicyclic) bond motifs is 4. The van der Waals surface area contributed by atoms with Crippen LogP contribution < -0.4 is 10.9 Å². The molecule has 4 aromatic rings. The van der Waals surface area contributed by atoms with E-state index in [4.69, 9.17) is 0 Å². The molecule has 4 aliphatic rings. The number of hydrogen-bond acceptors (Lipinski definition) is 8. The van der Waals surface area contributed by atoms with E-state index in [1.807, 2.05) is 54.3 Å². The average Bonchev–Trinajstić information content (AvgIpc) is 3.19. The number of carboxylic acid groups (broad SMARTS) is 1. The number of aromatic amines is 1. The molecule has 0 aliphatic carbocycles. The van der Waals surface area contributed by atoms with Crippen LogP contribution in [0.15, 0.2) is 83.7 Å². The van der Waals surface area contributed by atoms with Crippen LogP contribution in [0.5, 0.6) is 5.75 Å². The van der Waals surface area contributed by atoms with Gasteiger partial charge in [-0.05, 0) is 105 Å². The number of piperidine rings is 3. The number of aromatic hydroxyl groups is 1. The molecule has 4 saturated heterocycles. The molecular weight excluding hydrogens is 699 g/mol. The number of aliphatic hydroxyl groups is 1. The van der Waals surface area contributed by atoms with E-state index in [1.54, 1.807) is 29.2 Å². The van der Waals surface area contributed by atoms with Gasteiger partial charge in [0.2, 0.25) is 11.5 Å². The summed E-state index contributed by atoms with van der Waals surface area (Å²) in [6.07, 6.45) is 2.65. The van der Waals surface area contributed by atoms with Gasteiger partial charge in [0.25, 0.3) is 5.91 Å². The van der Waals surface area contributed by atoms with Crippen molar-refractivity contribution in [3.8, 4) is 5.75 Å². The molecule has 2 bridgehead atoms. The summed E-state index contributed by atoms with van der Waals surface area (Å²) in [7, 11) is 0. The number of aryl methyl sites for hydroxylation is 1. The Morgan fingerprint density at radius 2 is 1.75 bits per heavy atom. The van der Waals surface area contributed by atoms with E-state index in [0.29, 0.717) is 54.9 Å². The molecular formula is C43H51N5O7. The normalized spacial score (nSPS) is 23.6. The third-order valence-corrected chi connectivity index (χ3v) is 12.2. The molecule has 55 heavy (non-hydrogen) atoms. The van der Waals surface area contributed by atoms with Crippen LogP contribution in [0.2, 0.25) is 0 Å². The molecule has 3 aromatic carbocycles. The first-order chi connectivity index (χ1) is 26.6. The molecule has 1 aromatic heterocycles. The molecule has 5 N–H and O–H groups in total. The Labute approximate surface area is 320 Å². The summed E-state index contributed by atoms with van der Waals surface area (Å²) < 4.78 is 0. The zero-order valence-electron chi connectivity index (χ0n) is 31.3. The number of carboxylic acids is 1. The summed E-state index contributed by atoms with van der Waals surface area (Å²) in [6.45, 7) is 6.90. The van der Waals surface area contributed by atoms with Gasteiger partial charge >= 0.3 is 5.97 Å². The predicted molar refractivity (Wildman–Crippen MR) is 209 cm³/mol. The van der Waals surface area contributed by atoms with E-state index in [9.17, 15) is 34.5 Å². The molecule has 0 saturated carbocycles. The van der Waals surface area contributed by atoms with Crippen LogP contribution in [0.25, 0.3) is 10.9 Å². The topological polar surface area (TPSA) is 167 Å². The van der Waals surface area contributed by atoms with Crippen molar-refractivity contribution in [2.45, 2.75) is 56.6 Å². The number of likely N-dealkylation sites (tertiary alicyclic amines) is 1. The molecule has 0 spiro atoms. The fraction of sp³-hybridized carbons (Fsp3) is 0.442. The van der Waals surface area contributed by atoms with E-state index < -0.39 is 17.5 Å². The lowest BCUT2D eigenvalue weighted by molar-refractivity contribution is -0.175. The maximum Gasteiger partial charge on any atom is 0.318 e. The highest BCUT2D eigenvalue weighted by molar-refractivity contribution is 5.94. The fourth-order valence-electron chi connectivity index (χ4n) is 9.23. The third-order valence-electron chi connectivity index (χ3n) is 12.2. The number of nitrogens with zero attached hydrogens (tertiary/aromatic N) is 3. The minimum Gasteiger partial charge on any atom is -0.506 e. The second kappa shape index (κ2) is 16.4. The number of H-pyrrole nitrogens is 1. The van der Waals surface area contributed by atoms with Crippen molar-refractivity contribution in [2.75, 3.05) is 52.4 Å². The van der Waals surface area contributed by atoms with Crippen LogP contribution in [0, 0.1) is 11.8 Å². The minimum absolute atomic E-state index is 0.0274. The second-order valence-corrected chi connectivity index (χ2v) is 15.4. The van der Waals surface area contributed by atoms with Gasteiger partial charge in [-0.1, -0.05) is 48.5 Å². The summed E-state index contributed by atoms with van der Waals surface area (Å²) in [5.74, 6) is -0.499. The summed E-state index contributed by atoms with van der Waals surface area (Å²) >= 11 is 0. The number of carbonyl (C=O) groups excluding carboxylic acids is 2. The summed E-state index contributed by atoms with van der Waals surface area (Å²) in [5.41, 5.74) is 1.70. The standard InChI is InChI=1S/C43H51N5O7/c1-2-47(22-6-21-44-25-36(50)32-14-16-35(49)39-33(32)15-17-37(51)45-39)41(53)30-12-9-28(10-13-30)11-18-38(52)48-27-43(42(54)55,31-7-4-3-5-8-31)40(48)34-26-46-23-19-29(34)20-24-46/h3-5,7-10,12-17,29,34,36,40,44,49-50H,2,6,11,18-27H2,1H3,(H,45,51)(H,54,55). The first kappa shape index (κ1) is 38.2. The van der Waals surface area contributed by atoms with E-state index in [2.05, 4.69) is 15.2 Å². The van der Waals surface area contributed by atoms with Crippen LogP contribution in [-0.4, -0.2) is 111 Å². The molecule has 2 amide bonds. The summed E-state index contributed by atoms with van der Waals surface area (Å²) in [4.78, 5) is 60.7. The van der Waals surface area contributed by atoms with Crippen LogP contribution in [0.1, 0.15) is 65.8 Å². The molecule has 4 fully saturated rings. The first-order valence-electron chi connectivity index (χ1n) is 19.5. The number of phenolic OH excluding ortho intramolecular Hbond substituents is 1. The van der Waals surface area contributed by atoms with Crippen molar-refractivity contribution in [1.29, 1.82) is 0 Å². The number of aliphatic carboxylic acids is 1. The number of pyridine rings is 1. The van der Waals surface area contributed by atoms with E-state index in [-0.39, 0.29) is 60.1 Å². The molecule has 12 nitrogen and oxygen atoms in total. The zero-order chi connectivity index (χ0) is 38.7. The zero-order valence-corrected chi connectivity index (χ0v) is 31.3. The lowest BCUT2D eigenvalue weighted by Crippen LogP contribution is -2.76. The number of nitrogens with one attached hydrogen (secondary N) is 2. The van der Waals surface area contributed by atoms with Gasteiger partial charge in [-0.25, -0.2) is 0 Å². The highest BCUT2D eigenvalue weighted by Crippen LogP contribution is 2.50. The maximum atomic E-state index is 13.9. The van der Waals surface area contributed by atoms with Crippen LogP contribution in [0.4, 0.5) is 0 Å². The van der Waals surface area contributed by atoms with Crippen molar-refractivity contribution in [3.63, 3.8) is 0 Å². The summed E-state index contributed by atoms with van der Waals surface area (Å²) in [5, 5.41) is 35.5. The number of amides is 2. The first-order valence-corrected chi connectivity index (χ1v) is 19.5. The van der Waals surface area contributed by atoms with Gasteiger partial charge < -0.3 is 40.3 Å². The Morgan fingerprint density at radius 3 is 2.42 bits per heavy atom. The van der Waals surface area contributed by atoms with Gasteiger partial charge in [-0.15, -0.1) is 0 Å². The molecule has 8 rings (SSSR count). The Hall–Kier alpha value is -5.04. The highest BCUT2D eigenvalue weighted by Gasteiger charge is 2.64. The monoisotopic (exact) mass is 749 g/mol. The van der Waals surface area contributed by atoms with E-state index in [1.165, 1.54) is 12.1 Å². The highest BCUT2D eigenvalue weighted by atomic mass is 16.4. The van der Waals surface area contributed by atoms with Gasteiger partial charge in [0, 0.05) is 56.2 Å². The number of carbonyl (C=O) groups is 3. The predicted octanol–water partition coefficient (Wildman–Crippen LogP) is 3.92. The fourth-order valence-corrected chi connectivity index (χ4v) is 9.23. The van der Waals surface area contributed by atoms with Crippen LogP contribution >= 0.6 is 0 Å². The lowest BCUT2D eigenvalue weighted by atomic mass is 9.58. The molecule has 4 atom stereocenters. The molecule has 4 aliphatic heterocycles. The van der Waals surface area contributed by atoms with Crippen molar-refractivity contribution in [3.05, 3.63) is 111 Å². The largest absolute Gasteiger partial charge is 0.506 e. The van der Waals surface area contributed by atoms with Crippen molar-refractivity contribution < 1.29 is 29.7 Å². The van der Waals surface area contributed by atoms with Gasteiger partial charge in [-0.3, -0.25) is 19.2 Å². The van der Waals surface area contributed by atoms with Gasteiger partial charge in [0.15, 0.2) is 0 Å². The Morgan fingerprint density at radius 1 is 1.00 bits per heavy atom.